The molecule has 4 nitrogen and oxygen atoms in total. The largest absolute Gasteiger partial charge is 0.336 e. The van der Waals surface area contributed by atoms with Crippen molar-refractivity contribution in [3.8, 4) is 0 Å². The molecule has 0 radical (unpaired) electrons. The summed E-state index contributed by atoms with van der Waals surface area (Å²) in [7, 11) is 2.14. The second kappa shape index (κ2) is 9.05. The maximum atomic E-state index is 6.02. The Hall–Kier alpha value is 0.0600. The fraction of sp³-hybridized carbons (Fsp3) is 0.556. The van der Waals surface area contributed by atoms with E-state index in [-0.39, 0.29) is 12.0 Å². The minimum absolute atomic E-state index is 0.160. The highest BCUT2D eigenvalue weighted by Gasteiger charge is 2.34. The van der Waals surface area contributed by atoms with Gasteiger partial charge in [-0.05, 0) is 44.5 Å². The first kappa shape index (κ1) is 22.7. The molecular formula is C18H20Cl6N4. The van der Waals surface area contributed by atoms with Crippen molar-refractivity contribution in [2.24, 2.45) is 15.9 Å². The monoisotopic (exact) mass is 502 g/mol. The van der Waals surface area contributed by atoms with Crippen LogP contribution in [0.5, 0.6) is 0 Å². The Labute approximate surface area is 195 Å². The number of alkyl halides is 6. The SMILES string of the molecule is CN1CCC(CN2C=NC(C(Cl)(Cl)Cl)=NC2c2ccc(C(Cl)(Cl)Cl)cc2)CC1. The highest BCUT2D eigenvalue weighted by molar-refractivity contribution is 6.76. The van der Waals surface area contributed by atoms with E-state index in [1.807, 2.05) is 12.1 Å². The summed E-state index contributed by atoms with van der Waals surface area (Å²) in [5.74, 6) is 0.711. The molecule has 0 N–H and O–H groups in total. The molecule has 1 fully saturated rings. The number of aliphatic imine (C=N–C) groups is 2. The van der Waals surface area contributed by atoms with Gasteiger partial charge in [-0.1, -0.05) is 93.9 Å². The molecular weight excluding hydrogens is 485 g/mol. The molecule has 1 unspecified atom stereocenters. The zero-order valence-corrected chi connectivity index (χ0v) is 19.7. The van der Waals surface area contributed by atoms with Gasteiger partial charge in [0.2, 0.25) is 7.59 Å². The summed E-state index contributed by atoms with van der Waals surface area (Å²) >= 11 is 35.9. The van der Waals surface area contributed by atoms with Crippen molar-refractivity contribution in [3.63, 3.8) is 0 Å². The lowest BCUT2D eigenvalue weighted by Crippen LogP contribution is -2.40. The third kappa shape index (κ3) is 5.81. The molecule has 1 aromatic rings. The topological polar surface area (TPSA) is 31.2 Å². The Morgan fingerprint density at radius 1 is 0.964 bits per heavy atom. The fourth-order valence-electron chi connectivity index (χ4n) is 3.36. The van der Waals surface area contributed by atoms with Crippen LogP contribution in [0.15, 0.2) is 34.3 Å². The van der Waals surface area contributed by atoms with E-state index in [0.29, 0.717) is 11.5 Å². The van der Waals surface area contributed by atoms with Crippen molar-refractivity contribution in [1.82, 2.24) is 9.80 Å². The van der Waals surface area contributed by atoms with E-state index >= 15 is 0 Å². The Bertz CT molecular complexity index is 730. The first-order chi connectivity index (χ1) is 13.0. The molecule has 0 aliphatic carbocycles. The minimum atomic E-state index is -1.69. The lowest BCUT2D eigenvalue weighted by Gasteiger charge is -2.36. The van der Waals surface area contributed by atoms with Crippen molar-refractivity contribution in [3.05, 3.63) is 35.4 Å². The van der Waals surface area contributed by atoms with Gasteiger partial charge in [-0.2, -0.15) is 0 Å². The van der Waals surface area contributed by atoms with Crippen LogP contribution in [-0.4, -0.2) is 52.4 Å². The molecule has 2 heterocycles. The number of rotatable bonds is 3. The van der Waals surface area contributed by atoms with Gasteiger partial charge in [-0.3, -0.25) is 0 Å². The first-order valence-corrected chi connectivity index (χ1v) is 11.1. The van der Waals surface area contributed by atoms with Crippen LogP contribution >= 0.6 is 69.6 Å². The molecule has 3 rings (SSSR count). The van der Waals surface area contributed by atoms with E-state index in [2.05, 4.69) is 26.8 Å². The summed E-state index contributed by atoms with van der Waals surface area (Å²) in [6.45, 7) is 2.99. The zero-order valence-electron chi connectivity index (χ0n) is 15.1. The molecule has 0 aromatic heterocycles. The van der Waals surface area contributed by atoms with Gasteiger partial charge in [-0.25, -0.2) is 9.98 Å². The van der Waals surface area contributed by atoms with Crippen molar-refractivity contribution >= 4 is 81.8 Å². The van der Waals surface area contributed by atoms with E-state index < -0.39 is 7.59 Å². The highest BCUT2D eigenvalue weighted by atomic mass is 35.6. The normalized spacial score (nSPS) is 22.5. The summed E-state index contributed by atoms with van der Waals surface area (Å²) in [4.78, 5) is 13.3. The van der Waals surface area contributed by atoms with E-state index in [1.54, 1.807) is 18.5 Å². The zero-order chi connectivity index (χ0) is 20.5. The van der Waals surface area contributed by atoms with Crippen LogP contribution in [0.25, 0.3) is 0 Å². The maximum absolute atomic E-state index is 6.02. The van der Waals surface area contributed by atoms with Crippen LogP contribution in [0.1, 0.15) is 30.1 Å². The molecule has 2 aliphatic heterocycles. The maximum Gasteiger partial charge on any atom is 0.249 e. The van der Waals surface area contributed by atoms with Crippen LogP contribution < -0.4 is 0 Å². The van der Waals surface area contributed by atoms with Gasteiger partial charge in [0, 0.05) is 12.1 Å². The van der Waals surface area contributed by atoms with Crippen molar-refractivity contribution in [2.75, 3.05) is 26.7 Å². The summed E-state index contributed by atoms with van der Waals surface area (Å²) in [6.07, 6.45) is 3.62. The smallest absolute Gasteiger partial charge is 0.249 e. The number of hydrogen-bond donors (Lipinski definition) is 0. The molecule has 1 atom stereocenters. The van der Waals surface area contributed by atoms with E-state index in [0.717, 1.165) is 38.0 Å². The molecule has 10 heteroatoms. The number of nitrogens with zero attached hydrogens (tertiary/aromatic N) is 4. The van der Waals surface area contributed by atoms with Gasteiger partial charge in [0.25, 0.3) is 0 Å². The molecule has 0 spiro atoms. The predicted octanol–water partition coefficient (Wildman–Crippen LogP) is 5.97. The molecule has 1 aromatic carbocycles. The molecule has 28 heavy (non-hydrogen) atoms. The molecule has 0 bridgehead atoms. The van der Waals surface area contributed by atoms with Crippen molar-refractivity contribution < 1.29 is 0 Å². The summed E-state index contributed by atoms with van der Waals surface area (Å²) in [5, 5.41) is 0. The molecule has 1 saturated heterocycles. The van der Waals surface area contributed by atoms with Crippen LogP contribution in [0, 0.1) is 5.92 Å². The summed E-state index contributed by atoms with van der Waals surface area (Å²) < 4.78 is -3.17. The Morgan fingerprint density at radius 3 is 2.11 bits per heavy atom. The Kier molecular flexibility index (Phi) is 7.35. The van der Waals surface area contributed by atoms with Crippen LogP contribution in [0.4, 0.5) is 0 Å². The van der Waals surface area contributed by atoms with Crippen LogP contribution in [-0.2, 0) is 3.79 Å². The number of likely N-dealkylation sites (tertiary alicyclic amines) is 1. The minimum Gasteiger partial charge on any atom is -0.336 e. The average Bonchev–Trinajstić information content (AvgIpc) is 2.62. The molecule has 154 valence electrons. The van der Waals surface area contributed by atoms with E-state index in [9.17, 15) is 0 Å². The predicted molar refractivity (Wildman–Crippen MR) is 122 cm³/mol. The molecule has 0 amide bonds. The molecule has 0 saturated carbocycles. The van der Waals surface area contributed by atoms with Gasteiger partial charge in [-0.15, -0.1) is 0 Å². The number of hydrogen-bond acceptors (Lipinski definition) is 4. The highest BCUT2D eigenvalue weighted by Crippen LogP contribution is 2.39. The first-order valence-electron chi connectivity index (χ1n) is 8.84. The quantitative estimate of drug-likeness (QED) is 0.475. The van der Waals surface area contributed by atoms with Gasteiger partial charge in [0.15, 0.2) is 5.84 Å². The number of benzene rings is 1. The summed E-state index contributed by atoms with van der Waals surface area (Å²) in [5.41, 5.74) is 1.49. The van der Waals surface area contributed by atoms with Gasteiger partial charge in [0.05, 0.1) is 6.34 Å². The van der Waals surface area contributed by atoms with Crippen LogP contribution in [0.2, 0.25) is 0 Å². The lowest BCUT2D eigenvalue weighted by atomic mass is 9.96. The standard InChI is InChI=1S/C18H20Cl6N4/c1-27-8-6-12(7-9-27)10-28-11-25-16(18(22,23)24)26-15(28)13-2-4-14(5-3-13)17(19,20)21/h2-5,11-12,15H,6-10H2,1H3. The lowest BCUT2D eigenvalue weighted by molar-refractivity contribution is 0.179. The van der Waals surface area contributed by atoms with Crippen molar-refractivity contribution in [2.45, 2.75) is 26.6 Å². The number of amidine groups is 1. The van der Waals surface area contributed by atoms with E-state index in [1.165, 1.54) is 0 Å². The van der Waals surface area contributed by atoms with Crippen molar-refractivity contribution in [1.29, 1.82) is 0 Å². The average molecular weight is 505 g/mol. The van der Waals surface area contributed by atoms with Crippen LogP contribution in [0.3, 0.4) is 0 Å². The fourth-order valence-corrected chi connectivity index (χ4v) is 4.03. The third-order valence-corrected chi connectivity index (χ3v) is 6.15. The van der Waals surface area contributed by atoms with Gasteiger partial charge < -0.3 is 9.80 Å². The Morgan fingerprint density at radius 2 is 1.57 bits per heavy atom. The Balaban J connectivity index is 1.85. The second-order valence-corrected chi connectivity index (χ2v) is 11.7. The number of piperidine rings is 1. The molecule has 2 aliphatic rings. The third-order valence-electron chi connectivity index (χ3n) is 4.98. The second-order valence-electron chi connectivity index (χ2n) is 7.13. The van der Waals surface area contributed by atoms with E-state index in [4.69, 9.17) is 69.6 Å². The number of halogens is 6. The summed E-state index contributed by atoms with van der Waals surface area (Å²) in [6, 6.07) is 7.29. The van der Waals surface area contributed by atoms with Gasteiger partial charge in [0.1, 0.15) is 6.17 Å². The van der Waals surface area contributed by atoms with Gasteiger partial charge >= 0.3 is 0 Å².